The van der Waals surface area contributed by atoms with E-state index in [1.54, 1.807) is 0 Å². The summed E-state index contributed by atoms with van der Waals surface area (Å²) in [4.78, 5) is 0. The molecule has 0 spiro atoms. The molecule has 1 heterocycles. The van der Waals surface area contributed by atoms with Crippen LogP contribution in [0.4, 0.5) is 0 Å². The molecular formula is C11H20N2O2S. The van der Waals surface area contributed by atoms with Crippen molar-refractivity contribution in [2.24, 2.45) is 0 Å². The highest BCUT2D eigenvalue weighted by Crippen LogP contribution is 2.15. The van der Waals surface area contributed by atoms with Crippen molar-refractivity contribution in [3.63, 3.8) is 0 Å². The fourth-order valence-corrected chi connectivity index (χ4v) is 4.00. The first-order chi connectivity index (χ1) is 7.68. The van der Waals surface area contributed by atoms with Gasteiger partial charge in [0.05, 0.1) is 5.25 Å². The maximum Gasteiger partial charge on any atom is 0.215 e. The van der Waals surface area contributed by atoms with Crippen LogP contribution in [0.2, 0.25) is 0 Å². The summed E-state index contributed by atoms with van der Waals surface area (Å²) in [6.07, 6.45) is 8.66. The first-order valence-corrected chi connectivity index (χ1v) is 7.60. The molecule has 2 atom stereocenters. The Morgan fingerprint density at radius 2 is 2.12 bits per heavy atom. The molecule has 0 aromatic rings. The number of rotatable bonds is 3. The molecule has 0 radical (unpaired) electrons. The average molecular weight is 244 g/mol. The molecule has 5 heteroatoms. The molecule has 1 fully saturated rings. The maximum atomic E-state index is 12.1. The third kappa shape index (κ3) is 3.06. The number of hydrogen-bond donors (Lipinski definition) is 2. The van der Waals surface area contributed by atoms with Crippen LogP contribution in [0.1, 0.15) is 32.1 Å². The van der Waals surface area contributed by atoms with Crippen molar-refractivity contribution in [2.75, 3.05) is 13.1 Å². The van der Waals surface area contributed by atoms with Crippen molar-refractivity contribution in [1.82, 2.24) is 10.0 Å². The monoisotopic (exact) mass is 244 g/mol. The fraction of sp³-hybridized carbons (Fsp3) is 0.818. The van der Waals surface area contributed by atoms with Crippen LogP contribution in [0.25, 0.3) is 0 Å². The van der Waals surface area contributed by atoms with Gasteiger partial charge < -0.3 is 5.32 Å². The Balaban J connectivity index is 1.93. The SMILES string of the molecule is O=S(=O)(NC1CC=CCC1)C1CCCNC1. The lowest BCUT2D eigenvalue weighted by molar-refractivity contribution is 0.473. The van der Waals surface area contributed by atoms with E-state index in [4.69, 9.17) is 0 Å². The fourth-order valence-electron chi connectivity index (χ4n) is 2.31. The summed E-state index contributed by atoms with van der Waals surface area (Å²) in [6.45, 7) is 1.54. The smallest absolute Gasteiger partial charge is 0.215 e. The van der Waals surface area contributed by atoms with Gasteiger partial charge in [0.2, 0.25) is 10.0 Å². The van der Waals surface area contributed by atoms with Crippen LogP contribution in [0.5, 0.6) is 0 Å². The maximum absolute atomic E-state index is 12.1. The van der Waals surface area contributed by atoms with E-state index in [1.165, 1.54) is 0 Å². The highest BCUT2D eigenvalue weighted by molar-refractivity contribution is 7.90. The van der Waals surface area contributed by atoms with Crippen molar-refractivity contribution < 1.29 is 8.42 Å². The standard InChI is InChI=1S/C11H20N2O2S/c14-16(15,11-7-4-8-12-9-11)13-10-5-2-1-3-6-10/h1-2,10-13H,3-9H2. The molecule has 1 saturated heterocycles. The summed E-state index contributed by atoms with van der Waals surface area (Å²) in [5, 5.41) is 2.90. The van der Waals surface area contributed by atoms with Gasteiger partial charge in [-0.2, -0.15) is 0 Å². The van der Waals surface area contributed by atoms with E-state index >= 15 is 0 Å². The van der Waals surface area contributed by atoms with Gasteiger partial charge in [-0.1, -0.05) is 12.2 Å². The van der Waals surface area contributed by atoms with Crippen LogP contribution < -0.4 is 10.0 Å². The number of allylic oxidation sites excluding steroid dienone is 1. The molecule has 2 aliphatic rings. The first-order valence-electron chi connectivity index (χ1n) is 6.05. The summed E-state index contributed by atoms with van der Waals surface area (Å²) in [5.41, 5.74) is 0. The van der Waals surface area contributed by atoms with E-state index in [-0.39, 0.29) is 11.3 Å². The molecule has 1 aliphatic carbocycles. The van der Waals surface area contributed by atoms with Crippen LogP contribution >= 0.6 is 0 Å². The minimum atomic E-state index is -3.13. The number of nitrogens with one attached hydrogen (secondary N) is 2. The van der Waals surface area contributed by atoms with Gasteiger partial charge in [0.1, 0.15) is 0 Å². The first kappa shape index (κ1) is 12.1. The van der Waals surface area contributed by atoms with Crippen molar-refractivity contribution in [3.05, 3.63) is 12.2 Å². The van der Waals surface area contributed by atoms with E-state index in [9.17, 15) is 8.42 Å². The number of piperidine rings is 1. The quantitative estimate of drug-likeness (QED) is 0.721. The second-order valence-electron chi connectivity index (χ2n) is 4.61. The van der Waals surface area contributed by atoms with Gasteiger partial charge in [-0.3, -0.25) is 0 Å². The summed E-state index contributed by atoms with van der Waals surface area (Å²) < 4.78 is 27.0. The lowest BCUT2D eigenvalue weighted by atomic mass is 10.0. The van der Waals surface area contributed by atoms with E-state index in [2.05, 4.69) is 22.2 Å². The molecule has 0 bridgehead atoms. The van der Waals surface area contributed by atoms with Crippen LogP contribution in [0.15, 0.2) is 12.2 Å². The molecule has 2 unspecified atom stereocenters. The van der Waals surface area contributed by atoms with E-state index in [0.29, 0.717) is 6.54 Å². The number of sulfonamides is 1. The largest absolute Gasteiger partial charge is 0.315 e. The normalized spacial score (nSPS) is 31.5. The zero-order valence-corrected chi connectivity index (χ0v) is 10.3. The van der Waals surface area contributed by atoms with E-state index in [1.807, 2.05) is 0 Å². The Bertz CT molecular complexity index is 345. The van der Waals surface area contributed by atoms with Gasteiger partial charge >= 0.3 is 0 Å². The van der Waals surface area contributed by atoms with E-state index < -0.39 is 10.0 Å². The van der Waals surface area contributed by atoms with Crippen LogP contribution in [-0.2, 0) is 10.0 Å². The lowest BCUT2D eigenvalue weighted by Gasteiger charge is -2.26. The molecule has 2 N–H and O–H groups in total. The van der Waals surface area contributed by atoms with Gasteiger partial charge in [-0.25, -0.2) is 13.1 Å². The molecular weight excluding hydrogens is 224 g/mol. The summed E-state index contributed by atoms with van der Waals surface area (Å²) >= 11 is 0. The zero-order valence-electron chi connectivity index (χ0n) is 9.48. The third-order valence-corrected chi connectivity index (χ3v) is 5.23. The molecule has 2 rings (SSSR count). The Morgan fingerprint density at radius 1 is 1.25 bits per heavy atom. The highest BCUT2D eigenvalue weighted by Gasteiger charge is 2.29. The van der Waals surface area contributed by atoms with Crippen molar-refractivity contribution in [1.29, 1.82) is 0 Å². The second-order valence-corrected chi connectivity index (χ2v) is 6.60. The predicted octanol–water partition coefficient (Wildman–Crippen LogP) is 0.766. The number of hydrogen-bond acceptors (Lipinski definition) is 3. The molecule has 0 aromatic heterocycles. The zero-order chi connectivity index (χ0) is 11.4. The summed E-state index contributed by atoms with van der Waals surface area (Å²) in [5.74, 6) is 0. The van der Waals surface area contributed by atoms with Crippen LogP contribution in [0.3, 0.4) is 0 Å². The lowest BCUT2D eigenvalue weighted by Crippen LogP contribution is -2.47. The third-order valence-electron chi connectivity index (χ3n) is 3.29. The topological polar surface area (TPSA) is 58.2 Å². The predicted molar refractivity (Wildman–Crippen MR) is 64.7 cm³/mol. The van der Waals surface area contributed by atoms with Gasteiger partial charge in [0.25, 0.3) is 0 Å². The molecule has 0 amide bonds. The van der Waals surface area contributed by atoms with Gasteiger partial charge in [0, 0.05) is 12.6 Å². The van der Waals surface area contributed by atoms with Gasteiger partial charge in [-0.05, 0) is 38.6 Å². The minimum Gasteiger partial charge on any atom is -0.315 e. The molecule has 0 saturated carbocycles. The highest BCUT2D eigenvalue weighted by atomic mass is 32.2. The Morgan fingerprint density at radius 3 is 2.75 bits per heavy atom. The molecule has 1 aliphatic heterocycles. The molecule has 92 valence electrons. The van der Waals surface area contributed by atoms with E-state index in [0.717, 1.165) is 38.6 Å². The summed E-state index contributed by atoms with van der Waals surface area (Å²) in [7, 11) is -3.13. The molecule has 4 nitrogen and oxygen atoms in total. The van der Waals surface area contributed by atoms with Gasteiger partial charge in [-0.15, -0.1) is 0 Å². The van der Waals surface area contributed by atoms with Crippen molar-refractivity contribution >= 4 is 10.0 Å². The Kier molecular flexibility index (Phi) is 4.00. The van der Waals surface area contributed by atoms with Gasteiger partial charge in [0.15, 0.2) is 0 Å². The van der Waals surface area contributed by atoms with Crippen molar-refractivity contribution in [3.8, 4) is 0 Å². The summed E-state index contributed by atoms with van der Waals surface area (Å²) in [6, 6.07) is 0.108. The van der Waals surface area contributed by atoms with Crippen LogP contribution in [-0.4, -0.2) is 32.8 Å². The molecule has 16 heavy (non-hydrogen) atoms. The second kappa shape index (κ2) is 5.29. The van der Waals surface area contributed by atoms with Crippen LogP contribution in [0, 0.1) is 0 Å². The Hall–Kier alpha value is -0.390. The molecule has 0 aromatic carbocycles. The average Bonchev–Trinajstić information content (AvgIpc) is 2.31. The van der Waals surface area contributed by atoms with Crippen molar-refractivity contribution in [2.45, 2.75) is 43.4 Å². The minimum absolute atomic E-state index is 0.108. The Labute approximate surface area is 97.5 Å².